The molecule has 0 bridgehead atoms. The van der Waals surface area contributed by atoms with E-state index in [4.69, 9.17) is 0 Å². The number of hydrogen-bond acceptors (Lipinski definition) is 4. The van der Waals surface area contributed by atoms with E-state index in [-0.39, 0.29) is 17.3 Å². The summed E-state index contributed by atoms with van der Waals surface area (Å²) >= 11 is 1.44. The Bertz CT molecular complexity index is 935. The predicted octanol–water partition coefficient (Wildman–Crippen LogP) is 3.54. The van der Waals surface area contributed by atoms with Crippen LogP contribution in [0.4, 0.5) is 13.9 Å². The highest BCUT2D eigenvalue weighted by Gasteiger charge is 2.25. The summed E-state index contributed by atoms with van der Waals surface area (Å²) in [6, 6.07) is 10.6. The Labute approximate surface area is 147 Å². The number of amides is 1. The monoisotopic (exact) mass is 359 g/mol. The van der Waals surface area contributed by atoms with Gasteiger partial charge in [-0.15, -0.1) is 0 Å². The highest BCUT2D eigenvalue weighted by Crippen LogP contribution is 2.30. The molecule has 0 N–H and O–H groups in total. The highest BCUT2D eigenvalue weighted by atomic mass is 32.1. The maximum absolute atomic E-state index is 13.8. The van der Waals surface area contributed by atoms with Crippen molar-refractivity contribution in [3.63, 3.8) is 0 Å². The SMILES string of the molecule is O=C(c1ccccc1F)N1CCN(c2nc3ccc(F)cc3s2)CC1. The van der Waals surface area contributed by atoms with Crippen LogP contribution in [0.3, 0.4) is 0 Å². The number of piperazine rings is 1. The van der Waals surface area contributed by atoms with E-state index >= 15 is 0 Å². The van der Waals surface area contributed by atoms with E-state index in [1.165, 1.54) is 35.6 Å². The molecule has 128 valence electrons. The van der Waals surface area contributed by atoms with Gasteiger partial charge in [-0.2, -0.15) is 0 Å². The van der Waals surface area contributed by atoms with Gasteiger partial charge in [-0.3, -0.25) is 4.79 Å². The van der Waals surface area contributed by atoms with Crippen molar-refractivity contribution in [3.8, 4) is 0 Å². The molecular formula is C18H15F2N3OS. The Morgan fingerprint density at radius 1 is 1.04 bits per heavy atom. The Kier molecular flexibility index (Phi) is 4.09. The van der Waals surface area contributed by atoms with Crippen molar-refractivity contribution < 1.29 is 13.6 Å². The largest absolute Gasteiger partial charge is 0.345 e. The lowest BCUT2D eigenvalue weighted by atomic mass is 10.1. The Hall–Kier alpha value is -2.54. The van der Waals surface area contributed by atoms with Gasteiger partial charge in [0.15, 0.2) is 5.13 Å². The van der Waals surface area contributed by atoms with Gasteiger partial charge in [0, 0.05) is 26.2 Å². The Balaban J connectivity index is 1.47. The number of carbonyl (C=O) groups is 1. The third-order valence-electron chi connectivity index (χ3n) is 4.28. The van der Waals surface area contributed by atoms with Crippen LogP contribution in [0.5, 0.6) is 0 Å². The van der Waals surface area contributed by atoms with Gasteiger partial charge in [0.1, 0.15) is 11.6 Å². The van der Waals surface area contributed by atoms with Gasteiger partial charge in [-0.1, -0.05) is 23.5 Å². The lowest BCUT2D eigenvalue weighted by molar-refractivity contribution is 0.0742. The molecule has 1 amide bonds. The van der Waals surface area contributed by atoms with E-state index in [2.05, 4.69) is 9.88 Å². The average molecular weight is 359 g/mol. The molecule has 3 aromatic rings. The minimum absolute atomic E-state index is 0.103. The van der Waals surface area contributed by atoms with Gasteiger partial charge in [-0.05, 0) is 30.3 Å². The summed E-state index contributed by atoms with van der Waals surface area (Å²) in [5.74, 6) is -1.06. The van der Waals surface area contributed by atoms with Crippen LogP contribution in [0, 0.1) is 11.6 Å². The second-order valence-corrected chi connectivity index (χ2v) is 6.88. The zero-order valence-corrected chi connectivity index (χ0v) is 14.1. The zero-order chi connectivity index (χ0) is 17.4. The van der Waals surface area contributed by atoms with Crippen LogP contribution in [0.25, 0.3) is 10.2 Å². The number of halogens is 2. The van der Waals surface area contributed by atoms with E-state index in [0.29, 0.717) is 26.2 Å². The molecule has 2 aromatic carbocycles. The molecule has 0 radical (unpaired) electrons. The predicted molar refractivity (Wildman–Crippen MR) is 94.1 cm³/mol. The molecule has 1 saturated heterocycles. The number of hydrogen-bond donors (Lipinski definition) is 0. The van der Waals surface area contributed by atoms with E-state index in [9.17, 15) is 13.6 Å². The van der Waals surface area contributed by atoms with E-state index in [0.717, 1.165) is 15.3 Å². The number of carbonyl (C=O) groups excluding carboxylic acids is 1. The molecule has 0 saturated carbocycles. The molecule has 0 atom stereocenters. The number of fused-ring (bicyclic) bond motifs is 1. The molecule has 4 rings (SSSR count). The smallest absolute Gasteiger partial charge is 0.256 e. The maximum atomic E-state index is 13.8. The number of benzene rings is 2. The average Bonchev–Trinajstić information content (AvgIpc) is 3.05. The number of nitrogens with zero attached hydrogens (tertiary/aromatic N) is 3. The number of thiazole rings is 1. The number of aromatic nitrogens is 1. The second-order valence-electron chi connectivity index (χ2n) is 5.87. The van der Waals surface area contributed by atoms with Crippen molar-refractivity contribution in [2.75, 3.05) is 31.1 Å². The van der Waals surface area contributed by atoms with Crippen molar-refractivity contribution in [2.45, 2.75) is 0 Å². The quantitative estimate of drug-likeness (QED) is 0.702. The number of anilines is 1. The fraction of sp³-hybridized carbons (Fsp3) is 0.222. The molecular weight excluding hydrogens is 344 g/mol. The standard InChI is InChI=1S/C18H15F2N3OS/c19-12-5-6-15-16(11-12)25-18(21-15)23-9-7-22(8-10-23)17(24)13-3-1-2-4-14(13)20/h1-6,11H,7-10H2. The van der Waals surface area contributed by atoms with Gasteiger partial charge in [0.2, 0.25) is 0 Å². The third kappa shape index (κ3) is 3.07. The zero-order valence-electron chi connectivity index (χ0n) is 13.3. The summed E-state index contributed by atoms with van der Waals surface area (Å²) in [4.78, 5) is 20.7. The summed E-state index contributed by atoms with van der Waals surface area (Å²) < 4.78 is 27.9. The molecule has 1 aliphatic rings. The van der Waals surface area contributed by atoms with Crippen molar-refractivity contribution in [1.82, 2.24) is 9.88 Å². The number of rotatable bonds is 2. The first-order chi connectivity index (χ1) is 12.1. The lowest BCUT2D eigenvalue weighted by Crippen LogP contribution is -2.49. The summed E-state index contributed by atoms with van der Waals surface area (Å²) in [6.07, 6.45) is 0. The summed E-state index contributed by atoms with van der Waals surface area (Å²) in [5.41, 5.74) is 0.873. The summed E-state index contributed by atoms with van der Waals surface area (Å²) in [7, 11) is 0. The molecule has 0 unspecified atom stereocenters. The summed E-state index contributed by atoms with van der Waals surface area (Å²) in [6.45, 7) is 2.22. The summed E-state index contributed by atoms with van der Waals surface area (Å²) in [5, 5.41) is 0.818. The molecule has 0 spiro atoms. The fourth-order valence-corrected chi connectivity index (χ4v) is 3.97. The van der Waals surface area contributed by atoms with Gasteiger partial charge >= 0.3 is 0 Å². The first-order valence-electron chi connectivity index (χ1n) is 7.97. The third-order valence-corrected chi connectivity index (χ3v) is 5.36. The van der Waals surface area contributed by atoms with Gasteiger partial charge in [0.25, 0.3) is 5.91 Å². The molecule has 1 aromatic heterocycles. The highest BCUT2D eigenvalue weighted by molar-refractivity contribution is 7.22. The maximum Gasteiger partial charge on any atom is 0.256 e. The molecule has 1 aliphatic heterocycles. The van der Waals surface area contributed by atoms with Gasteiger partial charge in [0.05, 0.1) is 15.8 Å². The van der Waals surface area contributed by atoms with Crippen molar-refractivity contribution in [1.29, 1.82) is 0 Å². The van der Waals surface area contributed by atoms with Crippen LogP contribution in [0.1, 0.15) is 10.4 Å². The van der Waals surface area contributed by atoms with E-state index < -0.39 is 5.82 Å². The Morgan fingerprint density at radius 3 is 2.56 bits per heavy atom. The second kappa shape index (κ2) is 6.40. The van der Waals surface area contributed by atoms with Crippen molar-refractivity contribution in [2.24, 2.45) is 0 Å². The van der Waals surface area contributed by atoms with E-state index in [1.807, 2.05) is 0 Å². The van der Waals surface area contributed by atoms with Crippen LogP contribution >= 0.6 is 11.3 Å². The molecule has 25 heavy (non-hydrogen) atoms. The molecule has 1 fully saturated rings. The minimum Gasteiger partial charge on any atom is -0.345 e. The first kappa shape index (κ1) is 16.0. The fourth-order valence-electron chi connectivity index (χ4n) is 2.93. The molecule has 2 heterocycles. The van der Waals surface area contributed by atoms with Crippen LogP contribution in [-0.2, 0) is 0 Å². The molecule has 7 heteroatoms. The van der Waals surface area contributed by atoms with Gasteiger partial charge in [-0.25, -0.2) is 13.8 Å². The Morgan fingerprint density at radius 2 is 1.80 bits per heavy atom. The van der Waals surface area contributed by atoms with Crippen LogP contribution in [0.2, 0.25) is 0 Å². The van der Waals surface area contributed by atoms with Crippen LogP contribution in [0.15, 0.2) is 42.5 Å². The minimum atomic E-state index is -0.497. The normalized spacial score (nSPS) is 15.0. The van der Waals surface area contributed by atoms with E-state index in [1.54, 1.807) is 23.1 Å². The molecule has 4 nitrogen and oxygen atoms in total. The first-order valence-corrected chi connectivity index (χ1v) is 8.78. The van der Waals surface area contributed by atoms with Crippen molar-refractivity contribution >= 4 is 32.6 Å². The topological polar surface area (TPSA) is 36.4 Å². The van der Waals surface area contributed by atoms with Crippen molar-refractivity contribution in [3.05, 3.63) is 59.7 Å². The molecule has 0 aliphatic carbocycles. The van der Waals surface area contributed by atoms with Crippen LogP contribution < -0.4 is 4.90 Å². The van der Waals surface area contributed by atoms with Gasteiger partial charge < -0.3 is 9.80 Å². The lowest BCUT2D eigenvalue weighted by Gasteiger charge is -2.34. The van der Waals surface area contributed by atoms with Crippen LogP contribution in [-0.4, -0.2) is 42.0 Å².